The molecule has 0 unspecified atom stereocenters. The lowest BCUT2D eigenvalue weighted by Crippen LogP contribution is -2.30. The van der Waals surface area contributed by atoms with E-state index in [4.69, 9.17) is 10.5 Å². The summed E-state index contributed by atoms with van der Waals surface area (Å²) in [6.45, 7) is 1.11. The van der Waals surface area contributed by atoms with Crippen LogP contribution in [0.2, 0.25) is 0 Å². The highest BCUT2D eigenvalue weighted by atomic mass is 32.2. The van der Waals surface area contributed by atoms with Gasteiger partial charge in [-0.3, -0.25) is 4.79 Å². The highest BCUT2D eigenvalue weighted by Gasteiger charge is 2.21. The average molecular weight is 553 g/mol. The molecule has 0 radical (unpaired) electrons. The fourth-order valence-corrected chi connectivity index (χ4v) is 5.09. The molecular formula is C29H36N4O5S. The van der Waals surface area contributed by atoms with Crippen LogP contribution >= 0.6 is 0 Å². The molecule has 0 bridgehead atoms. The van der Waals surface area contributed by atoms with E-state index in [2.05, 4.69) is 10.3 Å². The zero-order chi connectivity index (χ0) is 27.8. The van der Waals surface area contributed by atoms with Crippen molar-refractivity contribution in [3.05, 3.63) is 77.5 Å². The van der Waals surface area contributed by atoms with E-state index >= 15 is 0 Å². The number of aliphatic hydroxyl groups is 1. The van der Waals surface area contributed by atoms with Gasteiger partial charge in [-0.1, -0.05) is 42.8 Å². The molecule has 1 amide bonds. The molecule has 0 saturated heterocycles. The number of pyridine rings is 1. The van der Waals surface area contributed by atoms with Crippen LogP contribution in [0.4, 0.5) is 5.82 Å². The second-order valence-corrected chi connectivity index (χ2v) is 11.7. The summed E-state index contributed by atoms with van der Waals surface area (Å²) in [4.78, 5) is 16.7. The molecular weight excluding hydrogens is 516 g/mol. The molecule has 208 valence electrons. The number of nitrogens with zero attached hydrogens (tertiary/aromatic N) is 1. The first-order valence-electron chi connectivity index (χ1n) is 13.2. The van der Waals surface area contributed by atoms with Crippen molar-refractivity contribution in [2.24, 2.45) is 0 Å². The van der Waals surface area contributed by atoms with Crippen molar-refractivity contribution in [1.29, 1.82) is 0 Å². The number of aromatic nitrogens is 1. The van der Waals surface area contributed by atoms with Gasteiger partial charge in [0.1, 0.15) is 11.6 Å². The number of nitrogens with one attached hydrogen (secondary N) is 2. The number of nitrogens with two attached hydrogens (primary N) is 1. The Morgan fingerprint density at radius 1 is 1.08 bits per heavy atom. The van der Waals surface area contributed by atoms with Crippen LogP contribution in [0.1, 0.15) is 59.7 Å². The van der Waals surface area contributed by atoms with Crippen LogP contribution in [-0.4, -0.2) is 49.9 Å². The summed E-state index contributed by atoms with van der Waals surface area (Å²) in [5.41, 5.74) is 9.49. The molecule has 39 heavy (non-hydrogen) atoms. The van der Waals surface area contributed by atoms with Gasteiger partial charge in [-0.15, -0.1) is 0 Å². The fourth-order valence-electron chi connectivity index (χ4n) is 4.64. The first-order chi connectivity index (χ1) is 18.7. The summed E-state index contributed by atoms with van der Waals surface area (Å²) >= 11 is 0. The van der Waals surface area contributed by atoms with E-state index in [1.807, 2.05) is 35.1 Å². The van der Waals surface area contributed by atoms with Crippen molar-refractivity contribution < 1.29 is 23.1 Å². The minimum absolute atomic E-state index is 0.00321. The molecule has 9 nitrogen and oxygen atoms in total. The van der Waals surface area contributed by atoms with Gasteiger partial charge >= 0.3 is 0 Å². The minimum Gasteiger partial charge on any atom is -0.490 e. The number of carbonyl (C=O) groups excluding carboxylic acids is 1. The fraction of sp³-hybridized carbons (Fsp3) is 0.379. The summed E-state index contributed by atoms with van der Waals surface area (Å²) in [6.07, 6.45) is 7.80. The van der Waals surface area contributed by atoms with Gasteiger partial charge in [-0.25, -0.2) is 18.1 Å². The number of nitrogen functional groups attached to an aromatic ring is 1. The van der Waals surface area contributed by atoms with E-state index in [0.29, 0.717) is 30.2 Å². The number of carbonyl (C=O) groups is 1. The molecule has 1 aliphatic carbocycles. The Balaban J connectivity index is 1.40. The molecule has 1 aromatic heterocycles. The lowest BCUT2D eigenvalue weighted by Gasteiger charge is -2.24. The first kappa shape index (κ1) is 28.5. The monoisotopic (exact) mass is 552 g/mol. The van der Waals surface area contributed by atoms with Gasteiger partial charge in [0.15, 0.2) is 0 Å². The van der Waals surface area contributed by atoms with Crippen molar-refractivity contribution in [3.8, 4) is 16.9 Å². The smallest absolute Gasteiger partial charge is 0.268 e. The predicted molar refractivity (Wildman–Crippen MR) is 152 cm³/mol. The molecule has 0 spiro atoms. The normalized spacial score (nSPS) is 15.0. The largest absolute Gasteiger partial charge is 0.490 e. The average Bonchev–Trinajstić information content (AvgIpc) is 2.91. The van der Waals surface area contributed by atoms with E-state index in [1.54, 1.807) is 30.5 Å². The summed E-state index contributed by atoms with van der Waals surface area (Å²) in [5, 5.41) is 13.6. The number of sulfonamides is 1. The lowest BCUT2D eigenvalue weighted by molar-refractivity contribution is 0.0969. The van der Waals surface area contributed by atoms with E-state index in [1.165, 1.54) is 6.42 Å². The maximum absolute atomic E-state index is 12.7. The molecule has 1 aliphatic rings. The van der Waals surface area contributed by atoms with Crippen LogP contribution in [0.5, 0.6) is 5.75 Å². The summed E-state index contributed by atoms with van der Waals surface area (Å²) in [5.74, 6) is 0.114. The molecule has 4 rings (SSSR count). The van der Waals surface area contributed by atoms with Crippen molar-refractivity contribution in [3.63, 3.8) is 0 Å². The standard InChI is InChI=1S/C29H36N4O5S/c1-39(36,37)33-29(35)25-13-11-22(17-27(25)38-24-5-3-2-4-6-24)21-9-7-20(8-10-21)15-16-31-19-26(34)23-12-14-28(30)32-18-23/h7-14,17-18,24,26,31,34H,2-6,15-16,19H2,1H3,(H2,30,32)(H,33,35)/t26-/m0/s1. The molecule has 10 heteroatoms. The van der Waals surface area contributed by atoms with Crippen LogP contribution in [0, 0.1) is 0 Å². The van der Waals surface area contributed by atoms with Crippen molar-refractivity contribution in [2.45, 2.75) is 50.7 Å². The number of rotatable bonds is 11. The van der Waals surface area contributed by atoms with Crippen LogP contribution in [0.25, 0.3) is 11.1 Å². The van der Waals surface area contributed by atoms with Gasteiger partial charge in [0, 0.05) is 18.3 Å². The maximum Gasteiger partial charge on any atom is 0.268 e. The van der Waals surface area contributed by atoms with Gasteiger partial charge < -0.3 is 20.9 Å². The number of anilines is 1. The van der Waals surface area contributed by atoms with Gasteiger partial charge in [-0.05, 0) is 73.5 Å². The zero-order valence-electron chi connectivity index (χ0n) is 22.1. The Morgan fingerprint density at radius 3 is 2.46 bits per heavy atom. The van der Waals surface area contributed by atoms with Gasteiger partial charge in [0.25, 0.3) is 5.91 Å². The third-order valence-electron chi connectivity index (χ3n) is 6.76. The van der Waals surface area contributed by atoms with E-state index in [0.717, 1.165) is 55.1 Å². The van der Waals surface area contributed by atoms with Crippen molar-refractivity contribution in [1.82, 2.24) is 15.0 Å². The molecule has 0 aliphatic heterocycles. The lowest BCUT2D eigenvalue weighted by atomic mass is 9.97. The first-order valence-corrected chi connectivity index (χ1v) is 15.1. The number of ether oxygens (including phenoxy) is 1. The molecule has 1 saturated carbocycles. The highest BCUT2D eigenvalue weighted by Crippen LogP contribution is 2.31. The zero-order valence-corrected chi connectivity index (χ0v) is 22.9. The van der Waals surface area contributed by atoms with Gasteiger partial charge in [0.05, 0.1) is 24.0 Å². The predicted octanol–water partition coefficient (Wildman–Crippen LogP) is 3.60. The minimum atomic E-state index is -3.70. The van der Waals surface area contributed by atoms with Crippen LogP contribution in [0.3, 0.4) is 0 Å². The summed E-state index contributed by atoms with van der Waals surface area (Å²) in [7, 11) is -3.70. The van der Waals surface area contributed by atoms with Crippen molar-refractivity contribution in [2.75, 3.05) is 25.1 Å². The third kappa shape index (κ3) is 8.51. The Morgan fingerprint density at radius 2 is 1.79 bits per heavy atom. The molecule has 1 atom stereocenters. The Labute approximate surface area is 229 Å². The van der Waals surface area contributed by atoms with Crippen LogP contribution in [-0.2, 0) is 16.4 Å². The molecule has 2 aromatic carbocycles. The quantitative estimate of drug-likeness (QED) is 0.264. The maximum atomic E-state index is 12.7. The molecule has 1 fully saturated rings. The molecule has 5 N–H and O–H groups in total. The van der Waals surface area contributed by atoms with E-state index in [9.17, 15) is 18.3 Å². The Bertz CT molecular complexity index is 1360. The summed E-state index contributed by atoms with van der Waals surface area (Å²) in [6, 6.07) is 16.8. The van der Waals surface area contributed by atoms with Gasteiger partial charge in [0.2, 0.25) is 10.0 Å². The molecule has 3 aromatic rings. The van der Waals surface area contributed by atoms with Crippen LogP contribution in [0.15, 0.2) is 60.8 Å². The third-order valence-corrected chi connectivity index (χ3v) is 7.32. The van der Waals surface area contributed by atoms with E-state index in [-0.39, 0.29) is 11.7 Å². The molecule has 1 heterocycles. The second-order valence-electron chi connectivity index (χ2n) is 9.98. The number of aliphatic hydroxyl groups excluding tert-OH is 1. The van der Waals surface area contributed by atoms with Crippen molar-refractivity contribution >= 4 is 21.7 Å². The topological polar surface area (TPSA) is 144 Å². The SMILES string of the molecule is CS(=O)(=O)NC(=O)c1ccc(-c2ccc(CCNC[C@H](O)c3ccc(N)nc3)cc2)cc1OC1CCCCC1. The van der Waals surface area contributed by atoms with E-state index < -0.39 is 22.0 Å². The highest BCUT2D eigenvalue weighted by molar-refractivity contribution is 7.89. The number of amides is 1. The summed E-state index contributed by atoms with van der Waals surface area (Å²) < 4.78 is 31.6. The number of hydrogen-bond acceptors (Lipinski definition) is 8. The van der Waals surface area contributed by atoms with Gasteiger partial charge in [-0.2, -0.15) is 0 Å². The Hall–Kier alpha value is -3.47. The van der Waals surface area contributed by atoms with Crippen LogP contribution < -0.4 is 20.5 Å². The Kier molecular flexibility index (Phi) is 9.55. The number of hydrogen-bond donors (Lipinski definition) is 4. The number of benzene rings is 2. The second kappa shape index (κ2) is 13.1.